The fraction of sp³-hybridized carbons (Fsp3) is 0.0588. The lowest BCUT2D eigenvalue weighted by molar-refractivity contribution is 0.581. The molecule has 0 fully saturated rings. The number of nitrogens with one attached hydrogen (secondary N) is 1. The van der Waals surface area contributed by atoms with E-state index in [1.165, 1.54) is 16.5 Å². The first-order chi connectivity index (χ1) is 12.1. The van der Waals surface area contributed by atoms with Gasteiger partial charge in [0.15, 0.2) is 0 Å². The molecule has 0 spiro atoms. The molecule has 0 bridgehead atoms. The lowest BCUT2D eigenvalue weighted by Gasteiger charge is -2.07. The molecule has 0 aliphatic rings. The lowest BCUT2D eigenvalue weighted by Crippen LogP contribution is -2.23. The Morgan fingerprint density at radius 2 is 1.88 bits per heavy atom. The van der Waals surface area contributed by atoms with Gasteiger partial charge >= 0.3 is 0 Å². The molecule has 8 heteroatoms. The van der Waals surface area contributed by atoms with Crippen LogP contribution >= 0.6 is 11.8 Å². The highest BCUT2D eigenvalue weighted by molar-refractivity contribution is 7.89. The summed E-state index contributed by atoms with van der Waals surface area (Å²) in [4.78, 5) is 8.34. The predicted molar refractivity (Wildman–Crippen MR) is 96.8 cm³/mol. The molecule has 0 unspecified atom stereocenters. The fourth-order valence-electron chi connectivity index (χ4n) is 2.70. The van der Waals surface area contributed by atoms with E-state index in [0.29, 0.717) is 21.9 Å². The van der Waals surface area contributed by atoms with Gasteiger partial charge < -0.3 is 0 Å². The molecule has 0 radical (unpaired) electrons. The topological polar surface area (TPSA) is 76.9 Å². The van der Waals surface area contributed by atoms with Gasteiger partial charge in [0.2, 0.25) is 10.0 Å². The molecule has 1 N–H and O–H groups in total. The van der Waals surface area contributed by atoms with Crippen molar-refractivity contribution < 1.29 is 8.42 Å². The van der Waals surface area contributed by atoms with Crippen LogP contribution in [0.4, 0.5) is 0 Å². The molecule has 2 heterocycles. The Kier molecular flexibility index (Phi) is 3.91. The number of benzene rings is 2. The van der Waals surface area contributed by atoms with Crippen molar-refractivity contribution in [3.05, 3.63) is 66.6 Å². The van der Waals surface area contributed by atoms with Crippen molar-refractivity contribution in [3.8, 4) is 0 Å². The lowest BCUT2D eigenvalue weighted by atomic mass is 10.2. The summed E-state index contributed by atoms with van der Waals surface area (Å²) in [6.45, 7) is 0.223. The van der Waals surface area contributed by atoms with Crippen molar-refractivity contribution in [1.82, 2.24) is 18.8 Å². The minimum Gasteiger partial charge on any atom is -0.249 e. The number of hydrogen-bond donors (Lipinski definition) is 1. The third-order valence-electron chi connectivity index (χ3n) is 3.96. The minimum atomic E-state index is -3.66. The summed E-state index contributed by atoms with van der Waals surface area (Å²) in [6.07, 6.45) is 3.00. The summed E-state index contributed by atoms with van der Waals surface area (Å²) >= 11 is 6.27. The quantitative estimate of drug-likeness (QED) is 0.597. The Hall–Kier alpha value is -2.48. The van der Waals surface area contributed by atoms with E-state index in [0.717, 1.165) is 5.56 Å². The summed E-state index contributed by atoms with van der Waals surface area (Å²) in [5.41, 5.74) is 2.81. The van der Waals surface area contributed by atoms with E-state index < -0.39 is 10.0 Å². The highest BCUT2D eigenvalue weighted by Gasteiger charge is 2.18. The molecular weight excluding hydrogens is 360 g/mol. The Bertz CT molecular complexity index is 1170. The zero-order valence-electron chi connectivity index (χ0n) is 12.9. The van der Waals surface area contributed by atoms with Crippen molar-refractivity contribution in [2.45, 2.75) is 11.4 Å². The van der Waals surface area contributed by atoms with Gasteiger partial charge in [-0.2, -0.15) is 0 Å². The zero-order chi connectivity index (χ0) is 17.4. The third kappa shape index (κ3) is 2.86. The Morgan fingerprint density at radius 3 is 2.68 bits per heavy atom. The summed E-state index contributed by atoms with van der Waals surface area (Å²) < 4.78 is 29.3. The summed E-state index contributed by atoms with van der Waals surface area (Å²) in [6, 6.07) is 14.1. The van der Waals surface area contributed by atoms with E-state index in [9.17, 15) is 8.42 Å². The average molecular weight is 373 g/mol. The maximum Gasteiger partial charge on any atom is 0.240 e. The van der Waals surface area contributed by atoms with E-state index in [1.54, 1.807) is 18.3 Å². The second-order valence-corrected chi connectivity index (χ2v) is 7.63. The van der Waals surface area contributed by atoms with Gasteiger partial charge in [-0.25, -0.2) is 27.2 Å². The predicted octanol–water partition coefficient (Wildman–Crippen LogP) is 3.06. The maximum atomic E-state index is 12.6. The van der Waals surface area contributed by atoms with Gasteiger partial charge in [-0.15, -0.1) is 0 Å². The van der Waals surface area contributed by atoms with E-state index in [2.05, 4.69) is 14.7 Å². The van der Waals surface area contributed by atoms with Crippen molar-refractivity contribution in [2.24, 2.45) is 0 Å². The van der Waals surface area contributed by atoms with Crippen LogP contribution in [0.15, 0.2) is 66.0 Å². The molecule has 4 rings (SSSR count). The van der Waals surface area contributed by atoms with Crippen LogP contribution in [0, 0.1) is 0 Å². The number of fused-ring (bicyclic) bond motifs is 3. The van der Waals surface area contributed by atoms with E-state index >= 15 is 0 Å². The summed E-state index contributed by atoms with van der Waals surface area (Å²) in [5.74, 6) is 0. The fourth-order valence-corrected chi connectivity index (χ4v) is 4.02. The smallest absolute Gasteiger partial charge is 0.240 e. The molecule has 0 saturated heterocycles. The number of rotatable bonds is 4. The van der Waals surface area contributed by atoms with E-state index in [-0.39, 0.29) is 11.4 Å². The van der Waals surface area contributed by atoms with Gasteiger partial charge in [-0.1, -0.05) is 30.3 Å². The number of halogens is 1. The Morgan fingerprint density at radius 1 is 1.08 bits per heavy atom. The van der Waals surface area contributed by atoms with E-state index in [4.69, 9.17) is 11.8 Å². The normalized spacial score (nSPS) is 12.0. The standard InChI is InChI=1S/C17H13ClN4O2S/c18-22-15-7-6-13(8-14(15)17-16(22)10-19-11-20-17)25(23,24)21-9-12-4-2-1-3-5-12/h1-8,10-11,21H,9H2. The van der Waals surface area contributed by atoms with Gasteiger partial charge in [0, 0.05) is 23.7 Å². The molecule has 126 valence electrons. The third-order valence-corrected chi connectivity index (χ3v) is 5.72. The highest BCUT2D eigenvalue weighted by Crippen LogP contribution is 2.29. The first-order valence-corrected chi connectivity index (χ1v) is 9.32. The van der Waals surface area contributed by atoms with Crippen LogP contribution in [0.3, 0.4) is 0 Å². The monoisotopic (exact) mass is 372 g/mol. The Labute approximate surface area is 149 Å². The van der Waals surface area contributed by atoms with Gasteiger partial charge in [-0.3, -0.25) is 0 Å². The van der Waals surface area contributed by atoms with Crippen LogP contribution in [0.1, 0.15) is 5.56 Å². The van der Waals surface area contributed by atoms with Crippen LogP contribution in [0.5, 0.6) is 0 Å². The van der Waals surface area contributed by atoms with Crippen molar-refractivity contribution in [3.63, 3.8) is 0 Å². The maximum absolute atomic E-state index is 12.6. The van der Waals surface area contributed by atoms with Crippen LogP contribution in [0.2, 0.25) is 0 Å². The molecule has 2 aromatic heterocycles. The molecular formula is C17H13ClN4O2S. The SMILES string of the molecule is O=S(=O)(NCc1ccccc1)c1ccc2c(c1)c1ncncc1n2Cl. The van der Waals surface area contributed by atoms with Gasteiger partial charge in [0.25, 0.3) is 0 Å². The average Bonchev–Trinajstić information content (AvgIpc) is 2.94. The van der Waals surface area contributed by atoms with Crippen LogP contribution < -0.4 is 4.72 Å². The van der Waals surface area contributed by atoms with Gasteiger partial charge in [-0.05, 0) is 23.8 Å². The van der Waals surface area contributed by atoms with Crippen LogP contribution in [-0.4, -0.2) is 22.5 Å². The molecule has 0 saturated carbocycles. The van der Waals surface area contributed by atoms with Crippen LogP contribution in [-0.2, 0) is 16.6 Å². The number of hydrogen-bond acceptors (Lipinski definition) is 4. The molecule has 6 nitrogen and oxygen atoms in total. The van der Waals surface area contributed by atoms with Crippen molar-refractivity contribution >= 4 is 43.7 Å². The molecule has 4 aromatic rings. The molecule has 0 aliphatic heterocycles. The van der Waals surface area contributed by atoms with Crippen molar-refractivity contribution in [2.75, 3.05) is 0 Å². The Balaban J connectivity index is 1.74. The number of aromatic nitrogens is 3. The molecule has 0 amide bonds. The highest BCUT2D eigenvalue weighted by atomic mass is 35.5. The summed E-state index contributed by atoms with van der Waals surface area (Å²) in [7, 11) is -3.66. The molecule has 0 aliphatic carbocycles. The number of sulfonamides is 1. The van der Waals surface area contributed by atoms with Crippen molar-refractivity contribution in [1.29, 1.82) is 0 Å². The number of nitrogens with zero attached hydrogens (tertiary/aromatic N) is 3. The van der Waals surface area contributed by atoms with Gasteiger partial charge in [0.1, 0.15) is 17.4 Å². The first-order valence-electron chi connectivity index (χ1n) is 7.50. The second kappa shape index (κ2) is 6.11. The van der Waals surface area contributed by atoms with Crippen LogP contribution in [0.25, 0.3) is 21.9 Å². The molecule has 0 atom stereocenters. The molecule has 2 aromatic carbocycles. The summed E-state index contributed by atoms with van der Waals surface area (Å²) in [5, 5.41) is 0.662. The van der Waals surface area contributed by atoms with Gasteiger partial charge in [0.05, 0.1) is 16.6 Å². The first kappa shape index (κ1) is 16.0. The zero-order valence-corrected chi connectivity index (χ0v) is 14.5. The van der Waals surface area contributed by atoms with E-state index in [1.807, 2.05) is 30.3 Å². The second-order valence-electron chi connectivity index (χ2n) is 5.53. The largest absolute Gasteiger partial charge is 0.249 e. The molecule has 25 heavy (non-hydrogen) atoms. The minimum absolute atomic E-state index is 0.165.